The van der Waals surface area contributed by atoms with E-state index in [1.165, 1.54) is 12.1 Å². The van der Waals surface area contributed by atoms with Crippen molar-refractivity contribution >= 4 is 49.1 Å². The molecule has 0 unspecified atom stereocenters. The van der Waals surface area contributed by atoms with Crippen molar-refractivity contribution in [2.24, 2.45) is 0 Å². The van der Waals surface area contributed by atoms with E-state index >= 15 is 0 Å². The lowest BCUT2D eigenvalue weighted by Gasteiger charge is -2.33. The van der Waals surface area contributed by atoms with Crippen molar-refractivity contribution in [1.82, 2.24) is 4.31 Å². The maximum atomic E-state index is 13.3. The Morgan fingerprint density at radius 2 is 1.72 bits per heavy atom. The third-order valence-corrected chi connectivity index (χ3v) is 8.04. The van der Waals surface area contributed by atoms with E-state index in [0.29, 0.717) is 17.3 Å². The Kier molecular flexibility index (Phi) is 7.90. The molecule has 3 rings (SSSR count). The van der Waals surface area contributed by atoms with Crippen LogP contribution in [0.2, 0.25) is 5.02 Å². The van der Waals surface area contributed by atoms with Crippen LogP contribution in [0.15, 0.2) is 51.8 Å². The van der Waals surface area contributed by atoms with Crippen molar-refractivity contribution in [2.45, 2.75) is 49.2 Å². The van der Waals surface area contributed by atoms with Crippen LogP contribution in [0.1, 0.15) is 37.7 Å². The number of hydrogen-bond donors (Lipinski definition) is 1. The van der Waals surface area contributed by atoms with Crippen LogP contribution in [-0.2, 0) is 21.0 Å². The smallest absolute Gasteiger partial charge is 0.324 e. The van der Waals surface area contributed by atoms with Gasteiger partial charge < -0.3 is 5.32 Å². The van der Waals surface area contributed by atoms with Crippen LogP contribution in [0.3, 0.4) is 0 Å². The van der Waals surface area contributed by atoms with Crippen LogP contribution in [0.25, 0.3) is 0 Å². The summed E-state index contributed by atoms with van der Waals surface area (Å²) in [5.74, 6) is -0.766. The predicted octanol–water partition coefficient (Wildman–Crippen LogP) is 6.08. The minimum atomic E-state index is -4.61. The number of anilines is 1. The fourth-order valence-corrected chi connectivity index (χ4v) is 5.72. The van der Waals surface area contributed by atoms with Gasteiger partial charge in [0.15, 0.2) is 0 Å². The van der Waals surface area contributed by atoms with Gasteiger partial charge in [0.2, 0.25) is 15.9 Å². The van der Waals surface area contributed by atoms with Crippen molar-refractivity contribution in [3.63, 3.8) is 0 Å². The van der Waals surface area contributed by atoms with Crippen molar-refractivity contribution in [1.29, 1.82) is 0 Å². The molecule has 0 heterocycles. The van der Waals surface area contributed by atoms with E-state index in [0.717, 1.165) is 41.8 Å². The first kappa shape index (κ1) is 25.0. The molecule has 5 nitrogen and oxygen atoms in total. The van der Waals surface area contributed by atoms with Crippen LogP contribution in [-0.4, -0.2) is 31.2 Å². The van der Waals surface area contributed by atoms with Crippen LogP contribution in [0, 0.1) is 0 Å². The standard InChI is InChI=1S/C21H21BrClF3N2O3S/c22-15-7-9-17(10-8-15)32(30,31)28(16-4-2-1-3-5-16)13-20(29)27-19-12-14(21(24,25)26)6-11-18(19)23/h6-12,16H,1-5,13H2,(H,27,29). The zero-order valence-corrected chi connectivity index (χ0v) is 20.0. The van der Waals surface area contributed by atoms with E-state index in [2.05, 4.69) is 21.2 Å². The molecule has 1 aliphatic rings. The number of hydrogen-bond acceptors (Lipinski definition) is 3. The molecule has 2 aromatic rings. The molecule has 0 radical (unpaired) electrons. The Bertz CT molecular complexity index is 1070. The number of sulfonamides is 1. The van der Waals surface area contributed by atoms with Gasteiger partial charge in [0.25, 0.3) is 0 Å². The second-order valence-corrected chi connectivity index (χ2v) is 10.8. The zero-order valence-electron chi connectivity index (χ0n) is 16.8. The van der Waals surface area contributed by atoms with Crippen LogP contribution in [0.5, 0.6) is 0 Å². The lowest BCUT2D eigenvalue weighted by molar-refractivity contribution is -0.137. The van der Waals surface area contributed by atoms with Crippen LogP contribution >= 0.6 is 27.5 Å². The van der Waals surface area contributed by atoms with E-state index in [9.17, 15) is 26.4 Å². The average molecular weight is 554 g/mol. The number of amides is 1. The van der Waals surface area contributed by atoms with E-state index < -0.39 is 34.2 Å². The predicted molar refractivity (Wildman–Crippen MR) is 120 cm³/mol. The quantitative estimate of drug-likeness (QED) is 0.471. The largest absolute Gasteiger partial charge is 0.416 e. The fraction of sp³-hybridized carbons (Fsp3) is 0.381. The summed E-state index contributed by atoms with van der Waals surface area (Å²) in [6, 6.07) is 8.27. The molecule has 1 fully saturated rings. The molecular formula is C21H21BrClF3N2O3S. The molecule has 174 valence electrons. The van der Waals surface area contributed by atoms with Gasteiger partial charge in [-0.1, -0.05) is 46.8 Å². The Labute approximate surface area is 198 Å². The van der Waals surface area contributed by atoms with E-state index in [-0.39, 0.29) is 21.6 Å². The monoisotopic (exact) mass is 552 g/mol. The lowest BCUT2D eigenvalue weighted by atomic mass is 9.95. The van der Waals surface area contributed by atoms with Gasteiger partial charge in [0, 0.05) is 10.5 Å². The van der Waals surface area contributed by atoms with Gasteiger partial charge in [-0.15, -0.1) is 0 Å². The van der Waals surface area contributed by atoms with Gasteiger partial charge in [0.05, 0.1) is 27.7 Å². The van der Waals surface area contributed by atoms with Crippen molar-refractivity contribution in [3.05, 3.63) is 57.5 Å². The van der Waals surface area contributed by atoms with Crippen LogP contribution in [0.4, 0.5) is 18.9 Å². The first-order valence-corrected chi connectivity index (χ1v) is 12.5. The first-order valence-electron chi connectivity index (χ1n) is 9.92. The Balaban J connectivity index is 1.87. The highest BCUT2D eigenvalue weighted by Gasteiger charge is 2.35. The minimum Gasteiger partial charge on any atom is -0.324 e. The SMILES string of the molecule is O=C(CN(C1CCCCC1)S(=O)(=O)c1ccc(Br)cc1)Nc1cc(C(F)(F)F)ccc1Cl. The molecule has 32 heavy (non-hydrogen) atoms. The summed E-state index contributed by atoms with van der Waals surface area (Å²) in [6.07, 6.45) is -0.755. The molecule has 0 atom stereocenters. The molecule has 0 saturated heterocycles. The number of carbonyl (C=O) groups excluding carboxylic acids is 1. The first-order chi connectivity index (χ1) is 15.0. The van der Waals surface area contributed by atoms with Crippen molar-refractivity contribution in [3.8, 4) is 0 Å². The maximum Gasteiger partial charge on any atom is 0.416 e. The molecular weight excluding hydrogens is 533 g/mol. The van der Waals surface area contributed by atoms with Crippen molar-refractivity contribution in [2.75, 3.05) is 11.9 Å². The van der Waals surface area contributed by atoms with Gasteiger partial charge in [0.1, 0.15) is 0 Å². The summed E-state index contributed by atoms with van der Waals surface area (Å²) in [6.45, 7) is -0.532. The maximum absolute atomic E-state index is 13.3. The van der Waals surface area contributed by atoms with Crippen molar-refractivity contribution < 1.29 is 26.4 Å². The normalized spacial score (nSPS) is 15.7. The molecule has 11 heteroatoms. The molecule has 0 bridgehead atoms. The summed E-state index contributed by atoms with van der Waals surface area (Å²) < 4.78 is 67.6. The van der Waals surface area contributed by atoms with E-state index in [1.807, 2.05) is 0 Å². The Morgan fingerprint density at radius 3 is 2.31 bits per heavy atom. The minimum absolute atomic E-state index is 0.0381. The number of benzene rings is 2. The molecule has 0 aliphatic heterocycles. The number of nitrogens with one attached hydrogen (secondary N) is 1. The number of nitrogens with zero attached hydrogens (tertiary/aromatic N) is 1. The summed E-state index contributed by atoms with van der Waals surface area (Å²) in [5, 5.41) is 2.26. The Hall–Kier alpha value is -1.62. The zero-order chi connectivity index (χ0) is 23.5. The summed E-state index contributed by atoms with van der Waals surface area (Å²) >= 11 is 9.22. The highest BCUT2D eigenvalue weighted by atomic mass is 79.9. The van der Waals surface area contributed by atoms with Crippen LogP contribution < -0.4 is 5.32 Å². The molecule has 1 N–H and O–H groups in total. The summed E-state index contributed by atoms with van der Waals surface area (Å²) in [5.41, 5.74) is -1.19. The third-order valence-electron chi connectivity index (χ3n) is 5.27. The van der Waals surface area contributed by atoms with E-state index in [4.69, 9.17) is 11.6 Å². The summed E-state index contributed by atoms with van der Waals surface area (Å²) in [4.78, 5) is 12.8. The highest BCUT2D eigenvalue weighted by Crippen LogP contribution is 2.34. The molecule has 1 saturated carbocycles. The third kappa shape index (κ3) is 6.03. The van der Waals surface area contributed by atoms with Gasteiger partial charge in [-0.3, -0.25) is 4.79 Å². The molecule has 1 amide bonds. The number of halogens is 5. The second-order valence-electron chi connectivity index (χ2n) is 7.54. The highest BCUT2D eigenvalue weighted by molar-refractivity contribution is 9.10. The summed E-state index contributed by atoms with van der Waals surface area (Å²) in [7, 11) is -4.01. The number of rotatable bonds is 6. The van der Waals surface area contributed by atoms with Gasteiger partial charge in [-0.2, -0.15) is 17.5 Å². The molecule has 0 spiro atoms. The van der Waals surface area contributed by atoms with E-state index in [1.54, 1.807) is 12.1 Å². The number of carbonyl (C=O) groups is 1. The molecule has 0 aromatic heterocycles. The topological polar surface area (TPSA) is 66.5 Å². The van der Waals surface area contributed by atoms with Gasteiger partial charge in [-0.05, 0) is 55.3 Å². The average Bonchev–Trinajstić information content (AvgIpc) is 2.73. The second kappa shape index (κ2) is 10.1. The lowest BCUT2D eigenvalue weighted by Crippen LogP contribution is -2.45. The van der Waals surface area contributed by atoms with Gasteiger partial charge >= 0.3 is 6.18 Å². The molecule has 2 aromatic carbocycles. The Morgan fingerprint density at radius 1 is 1.09 bits per heavy atom. The molecule has 1 aliphatic carbocycles. The van der Waals surface area contributed by atoms with Gasteiger partial charge in [-0.25, -0.2) is 8.42 Å². The fourth-order valence-electron chi connectivity index (χ4n) is 3.65. The number of alkyl halides is 3.